The van der Waals surface area contributed by atoms with Crippen LogP contribution in [0.5, 0.6) is 11.5 Å². The molecule has 0 aliphatic carbocycles. The number of ether oxygens (including phenoxy) is 1. The maximum Gasteiger partial charge on any atom is 0.339 e. The van der Waals surface area contributed by atoms with E-state index in [9.17, 15) is 28.1 Å². The first kappa shape index (κ1) is 24.3. The molecule has 2 N–H and O–H groups in total. The molecule has 0 aromatic heterocycles. The number of nitro benzene ring substituents is 1. The molecule has 0 atom stereocenters. The van der Waals surface area contributed by atoms with Crippen molar-refractivity contribution in [1.29, 1.82) is 0 Å². The molecule has 1 aliphatic heterocycles. The molecular formula is C19H14BrN3O8S2. The average molecular weight is 556 g/mol. The Morgan fingerprint density at radius 2 is 1.76 bits per heavy atom. The van der Waals surface area contributed by atoms with Crippen molar-refractivity contribution in [2.24, 2.45) is 0 Å². The molecule has 2 aromatic carbocycles. The normalized spacial score (nSPS) is 13.8. The Labute approximate surface area is 201 Å². The molecule has 1 aliphatic rings. The minimum Gasteiger partial charge on any atom is -0.490 e. The molecule has 1 fully saturated rings. The summed E-state index contributed by atoms with van der Waals surface area (Å²) in [6.45, 7) is 1.81. The quantitative estimate of drug-likeness (QED) is 0.131. The molecule has 2 amide bonds. The number of carbonyl (C=O) groups excluding carboxylic acids is 2. The number of nitrogens with zero attached hydrogens (tertiary/aromatic N) is 1. The lowest BCUT2D eigenvalue weighted by atomic mass is 10.1. The molecule has 0 radical (unpaired) electrons. The van der Waals surface area contributed by atoms with Crippen molar-refractivity contribution < 1.29 is 31.9 Å². The van der Waals surface area contributed by atoms with E-state index in [2.05, 4.69) is 26.6 Å². The predicted molar refractivity (Wildman–Crippen MR) is 123 cm³/mol. The average Bonchev–Trinajstić information content (AvgIpc) is 2.73. The van der Waals surface area contributed by atoms with E-state index in [1.165, 1.54) is 18.2 Å². The Morgan fingerprint density at radius 3 is 2.30 bits per heavy atom. The van der Waals surface area contributed by atoms with Gasteiger partial charge in [-0.05, 0) is 71.0 Å². The van der Waals surface area contributed by atoms with E-state index in [0.717, 1.165) is 24.3 Å². The van der Waals surface area contributed by atoms with Crippen LogP contribution in [0.15, 0.2) is 51.3 Å². The van der Waals surface area contributed by atoms with Crippen molar-refractivity contribution in [1.82, 2.24) is 10.6 Å². The molecule has 0 bridgehead atoms. The number of thiocarbonyl (C=S) groups is 1. The molecule has 14 heteroatoms. The van der Waals surface area contributed by atoms with Gasteiger partial charge in [-0.1, -0.05) is 0 Å². The monoisotopic (exact) mass is 555 g/mol. The molecule has 0 unspecified atom stereocenters. The van der Waals surface area contributed by atoms with Gasteiger partial charge in [0.1, 0.15) is 10.5 Å². The van der Waals surface area contributed by atoms with Gasteiger partial charge in [-0.15, -0.1) is 0 Å². The van der Waals surface area contributed by atoms with Crippen LogP contribution in [0.2, 0.25) is 0 Å². The number of hydrogen-bond donors (Lipinski definition) is 2. The van der Waals surface area contributed by atoms with Crippen LogP contribution in [0.3, 0.4) is 0 Å². The number of halogens is 1. The van der Waals surface area contributed by atoms with Gasteiger partial charge in [-0.25, -0.2) is 0 Å². The van der Waals surface area contributed by atoms with E-state index in [-0.39, 0.29) is 43.8 Å². The van der Waals surface area contributed by atoms with Gasteiger partial charge in [0.2, 0.25) is 0 Å². The minimum atomic E-state index is -4.37. The molecule has 33 heavy (non-hydrogen) atoms. The van der Waals surface area contributed by atoms with Crippen molar-refractivity contribution in [3.8, 4) is 11.5 Å². The zero-order valence-electron chi connectivity index (χ0n) is 16.7. The smallest absolute Gasteiger partial charge is 0.339 e. The van der Waals surface area contributed by atoms with Crippen molar-refractivity contribution in [2.75, 3.05) is 6.61 Å². The summed E-state index contributed by atoms with van der Waals surface area (Å²) in [5.74, 6) is -1.56. The van der Waals surface area contributed by atoms with Gasteiger partial charge in [-0.3, -0.25) is 30.3 Å². The van der Waals surface area contributed by atoms with Gasteiger partial charge >= 0.3 is 10.1 Å². The lowest BCUT2D eigenvalue weighted by Crippen LogP contribution is -2.51. The largest absolute Gasteiger partial charge is 0.490 e. The first-order valence-electron chi connectivity index (χ1n) is 9.05. The summed E-state index contributed by atoms with van der Waals surface area (Å²) in [7, 11) is -4.37. The highest BCUT2D eigenvalue weighted by Crippen LogP contribution is 2.39. The maximum absolute atomic E-state index is 12.7. The van der Waals surface area contributed by atoms with Crippen LogP contribution in [-0.2, 0) is 19.7 Å². The van der Waals surface area contributed by atoms with Gasteiger partial charge in [-0.2, -0.15) is 8.42 Å². The first-order valence-corrected chi connectivity index (χ1v) is 11.7. The van der Waals surface area contributed by atoms with Gasteiger partial charge in [0.15, 0.2) is 16.6 Å². The zero-order chi connectivity index (χ0) is 24.3. The summed E-state index contributed by atoms with van der Waals surface area (Å²) in [6.07, 6.45) is 1.27. The molecule has 1 saturated heterocycles. The highest BCUT2D eigenvalue weighted by Gasteiger charge is 2.27. The number of non-ortho nitro benzene ring substituents is 1. The first-order chi connectivity index (χ1) is 15.5. The second-order valence-electron chi connectivity index (χ2n) is 6.35. The van der Waals surface area contributed by atoms with Crippen molar-refractivity contribution >= 4 is 67.0 Å². The molecule has 11 nitrogen and oxygen atoms in total. The summed E-state index contributed by atoms with van der Waals surface area (Å²) < 4.78 is 36.3. The molecule has 0 spiro atoms. The third-order valence-electron chi connectivity index (χ3n) is 4.12. The van der Waals surface area contributed by atoms with E-state index >= 15 is 0 Å². The molecule has 3 rings (SSSR count). The minimum absolute atomic E-state index is 0.0105. The van der Waals surface area contributed by atoms with Crippen molar-refractivity contribution in [3.05, 3.63) is 62.1 Å². The van der Waals surface area contributed by atoms with Crippen LogP contribution in [0.4, 0.5) is 5.69 Å². The number of carbonyl (C=O) groups is 2. The lowest BCUT2D eigenvalue weighted by Gasteiger charge is -2.17. The summed E-state index contributed by atoms with van der Waals surface area (Å²) in [4.78, 5) is 34.0. The number of rotatable bonds is 7. The second kappa shape index (κ2) is 9.64. The van der Waals surface area contributed by atoms with Gasteiger partial charge in [0.25, 0.3) is 17.5 Å². The van der Waals surface area contributed by atoms with Crippen LogP contribution < -0.4 is 19.6 Å². The van der Waals surface area contributed by atoms with Crippen molar-refractivity contribution in [3.63, 3.8) is 0 Å². The summed E-state index contributed by atoms with van der Waals surface area (Å²) >= 11 is 7.97. The van der Waals surface area contributed by atoms with Crippen molar-refractivity contribution in [2.45, 2.75) is 11.8 Å². The van der Waals surface area contributed by atoms with E-state index in [1.807, 2.05) is 0 Å². The lowest BCUT2D eigenvalue weighted by molar-refractivity contribution is -0.384. The maximum atomic E-state index is 12.7. The van der Waals surface area contributed by atoms with Crippen LogP contribution in [0.1, 0.15) is 12.5 Å². The fraction of sp³-hybridized carbons (Fsp3) is 0.105. The number of nitrogens with one attached hydrogen (secondary N) is 2. The highest BCUT2D eigenvalue weighted by molar-refractivity contribution is 9.10. The fourth-order valence-corrected chi connectivity index (χ4v) is 4.47. The van der Waals surface area contributed by atoms with Gasteiger partial charge in [0.05, 0.1) is 16.0 Å². The summed E-state index contributed by atoms with van der Waals surface area (Å²) in [6, 6.07) is 6.97. The standard InChI is InChI=1S/C19H14BrN3O8S2/c1-2-30-15-9-10(7-13-17(24)21-19(32)22-18(13)25)8-14(20)16(15)31-33(28,29)12-5-3-11(4-6-12)23(26)27/h3-9H,2H2,1H3,(H2,21,22,24,25,32). The second-order valence-corrected chi connectivity index (χ2v) is 9.16. The zero-order valence-corrected chi connectivity index (χ0v) is 19.9. The number of benzene rings is 2. The molecule has 1 heterocycles. The van der Waals surface area contributed by atoms with Gasteiger partial charge in [0, 0.05) is 12.1 Å². The Hall–Kier alpha value is -3.36. The van der Waals surface area contributed by atoms with E-state index in [1.54, 1.807) is 6.92 Å². The number of nitro groups is 1. The summed E-state index contributed by atoms with van der Waals surface area (Å²) in [5.41, 5.74) is -0.164. The van der Waals surface area contributed by atoms with Crippen LogP contribution >= 0.6 is 28.1 Å². The number of hydrogen-bond acceptors (Lipinski definition) is 9. The fourth-order valence-electron chi connectivity index (χ4n) is 2.68. The highest BCUT2D eigenvalue weighted by atomic mass is 79.9. The molecule has 172 valence electrons. The number of amides is 2. The van der Waals surface area contributed by atoms with Gasteiger partial charge < -0.3 is 8.92 Å². The topological polar surface area (TPSA) is 154 Å². The molecule has 0 saturated carbocycles. The Balaban J connectivity index is 1.98. The Bertz CT molecular complexity index is 1290. The van der Waals surface area contributed by atoms with Crippen LogP contribution in [0.25, 0.3) is 6.08 Å². The summed E-state index contributed by atoms with van der Waals surface area (Å²) in [5, 5.41) is 15.3. The molecule has 2 aromatic rings. The SMILES string of the molecule is CCOc1cc(C=C2C(=O)NC(=S)NC2=O)cc(Br)c1OS(=O)(=O)c1ccc([N+](=O)[O-])cc1. The van der Waals surface area contributed by atoms with Crippen LogP contribution in [-0.4, -0.2) is 36.9 Å². The Morgan fingerprint density at radius 1 is 1.15 bits per heavy atom. The third kappa shape index (κ3) is 5.53. The van der Waals surface area contributed by atoms with Crippen LogP contribution in [0, 0.1) is 10.1 Å². The van der Waals surface area contributed by atoms with E-state index in [0.29, 0.717) is 5.56 Å². The van der Waals surface area contributed by atoms with E-state index < -0.39 is 26.9 Å². The third-order valence-corrected chi connectivity index (χ3v) is 6.14. The van der Waals surface area contributed by atoms with E-state index in [4.69, 9.17) is 21.1 Å². The predicted octanol–water partition coefficient (Wildman–Crippen LogP) is 2.44. The Kier molecular flexibility index (Phi) is 7.09. The molecular weight excluding hydrogens is 542 g/mol.